The molecule has 2 aromatic rings. The van der Waals surface area contributed by atoms with Gasteiger partial charge in [-0.2, -0.15) is 13.2 Å². The first kappa shape index (κ1) is 25.9. The molecule has 7 nitrogen and oxygen atoms in total. The summed E-state index contributed by atoms with van der Waals surface area (Å²) in [5.41, 5.74) is 1.12. The van der Waals surface area contributed by atoms with Gasteiger partial charge in [0, 0.05) is 43.6 Å². The standard InChI is InChI=1S/C29H30F3N3O4/c30-29(31,32)22-6-2-1-5-20(22)18-14-34(15-18)23-7-3-4-8-25(23)39-19-9-10-21-17(13-19)16-35(28(21)38)24-11-12-26(36)33-27(24)37/h1-2,5-6,9-10,13,18,23-25H,3-4,7-8,11-12,14-16H2,(H,33,36,37)/t23-,24?,25-/m0/s1. The zero-order valence-electron chi connectivity index (χ0n) is 21.4. The summed E-state index contributed by atoms with van der Waals surface area (Å²) in [6.07, 6.45) is -0.120. The van der Waals surface area contributed by atoms with Crippen LogP contribution in [0.5, 0.6) is 5.75 Å². The van der Waals surface area contributed by atoms with Crippen LogP contribution < -0.4 is 10.1 Å². The van der Waals surface area contributed by atoms with Crippen LogP contribution in [0.25, 0.3) is 0 Å². The van der Waals surface area contributed by atoms with Gasteiger partial charge in [0.1, 0.15) is 17.9 Å². The summed E-state index contributed by atoms with van der Waals surface area (Å²) >= 11 is 0. The molecular weight excluding hydrogens is 511 g/mol. The number of rotatable bonds is 5. The lowest BCUT2D eigenvalue weighted by molar-refractivity contribution is -0.139. The van der Waals surface area contributed by atoms with Crippen LogP contribution in [0.4, 0.5) is 13.2 Å². The summed E-state index contributed by atoms with van der Waals surface area (Å²) in [6.45, 7) is 1.41. The van der Waals surface area contributed by atoms with Crippen molar-refractivity contribution in [3.8, 4) is 5.75 Å². The van der Waals surface area contributed by atoms with Crippen molar-refractivity contribution < 1.29 is 32.3 Å². The van der Waals surface area contributed by atoms with Gasteiger partial charge in [-0.1, -0.05) is 24.6 Å². The van der Waals surface area contributed by atoms with Gasteiger partial charge in [-0.15, -0.1) is 0 Å². The van der Waals surface area contributed by atoms with Crippen LogP contribution in [0.1, 0.15) is 71.5 Å². The molecule has 1 unspecified atom stereocenters. The molecule has 3 heterocycles. The van der Waals surface area contributed by atoms with E-state index >= 15 is 0 Å². The summed E-state index contributed by atoms with van der Waals surface area (Å²) in [6, 6.07) is 10.6. The Kier molecular flexibility index (Phi) is 6.61. The van der Waals surface area contributed by atoms with Crippen LogP contribution in [-0.2, 0) is 22.3 Å². The number of alkyl halides is 3. The second-order valence-corrected chi connectivity index (χ2v) is 11.0. The predicted octanol–water partition coefficient (Wildman–Crippen LogP) is 4.26. The molecule has 0 spiro atoms. The topological polar surface area (TPSA) is 79.0 Å². The van der Waals surface area contributed by atoms with Crippen molar-refractivity contribution in [2.24, 2.45) is 0 Å². The van der Waals surface area contributed by atoms with Gasteiger partial charge in [0.25, 0.3) is 5.91 Å². The number of hydrogen-bond donors (Lipinski definition) is 1. The number of nitrogens with zero attached hydrogens (tertiary/aromatic N) is 2. The quantitative estimate of drug-likeness (QED) is 0.573. The maximum absolute atomic E-state index is 13.5. The van der Waals surface area contributed by atoms with E-state index in [9.17, 15) is 27.6 Å². The highest BCUT2D eigenvalue weighted by atomic mass is 19.4. The molecule has 39 heavy (non-hydrogen) atoms. The number of benzene rings is 2. The second-order valence-electron chi connectivity index (χ2n) is 11.0. The van der Waals surface area contributed by atoms with Gasteiger partial charge in [-0.3, -0.25) is 24.6 Å². The van der Waals surface area contributed by atoms with E-state index in [-0.39, 0.29) is 42.8 Å². The van der Waals surface area contributed by atoms with E-state index in [4.69, 9.17) is 4.74 Å². The molecule has 1 N–H and O–H groups in total. The minimum atomic E-state index is -4.36. The number of halogens is 3. The van der Waals surface area contributed by atoms with E-state index in [1.807, 2.05) is 6.07 Å². The Morgan fingerprint density at radius 3 is 2.49 bits per heavy atom. The van der Waals surface area contributed by atoms with Gasteiger partial charge in [-0.05, 0) is 61.1 Å². The van der Waals surface area contributed by atoms with Gasteiger partial charge >= 0.3 is 6.18 Å². The Hall–Kier alpha value is -3.40. The molecule has 2 aromatic carbocycles. The first-order valence-electron chi connectivity index (χ1n) is 13.5. The summed E-state index contributed by atoms with van der Waals surface area (Å²) < 4.78 is 47.0. The zero-order chi connectivity index (χ0) is 27.3. The number of imide groups is 1. The van der Waals surface area contributed by atoms with Crippen molar-refractivity contribution in [1.82, 2.24) is 15.1 Å². The number of carbonyl (C=O) groups is 3. The van der Waals surface area contributed by atoms with Crippen LogP contribution in [-0.4, -0.2) is 58.8 Å². The highest BCUT2D eigenvalue weighted by Crippen LogP contribution is 2.41. The number of likely N-dealkylation sites (tertiary alicyclic amines) is 1. The highest BCUT2D eigenvalue weighted by Gasteiger charge is 2.43. The largest absolute Gasteiger partial charge is 0.489 e. The minimum absolute atomic E-state index is 0.0982. The fraction of sp³-hybridized carbons (Fsp3) is 0.483. The first-order valence-corrected chi connectivity index (χ1v) is 13.5. The second kappa shape index (κ2) is 9.97. The van der Waals surface area contributed by atoms with E-state index in [1.54, 1.807) is 24.3 Å². The van der Waals surface area contributed by atoms with E-state index < -0.39 is 23.7 Å². The molecule has 3 fully saturated rings. The van der Waals surface area contributed by atoms with Crippen molar-refractivity contribution >= 4 is 17.7 Å². The van der Waals surface area contributed by atoms with Crippen molar-refractivity contribution in [3.63, 3.8) is 0 Å². The van der Waals surface area contributed by atoms with Crippen LogP contribution in [0.15, 0.2) is 42.5 Å². The number of amides is 3. The van der Waals surface area contributed by atoms with Crippen molar-refractivity contribution in [2.45, 2.75) is 75.4 Å². The van der Waals surface area contributed by atoms with Gasteiger partial charge in [0.05, 0.1) is 5.56 Å². The first-order chi connectivity index (χ1) is 18.7. The Morgan fingerprint density at radius 2 is 1.72 bits per heavy atom. The lowest BCUT2D eigenvalue weighted by Gasteiger charge is -2.49. The molecule has 0 radical (unpaired) electrons. The number of hydrogen-bond acceptors (Lipinski definition) is 5. The molecule has 1 saturated carbocycles. The number of piperidine rings is 1. The molecule has 4 aliphatic rings. The molecule has 3 aliphatic heterocycles. The lowest BCUT2D eigenvalue weighted by atomic mass is 9.83. The van der Waals surface area contributed by atoms with E-state index in [0.717, 1.165) is 37.3 Å². The molecule has 2 saturated heterocycles. The van der Waals surface area contributed by atoms with Crippen molar-refractivity contribution in [2.75, 3.05) is 13.1 Å². The third-order valence-corrected chi connectivity index (χ3v) is 8.53. The number of nitrogens with one attached hydrogen (secondary N) is 1. The maximum atomic E-state index is 13.5. The Morgan fingerprint density at radius 1 is 0.949 bits per heavy atom. The molecule has 0 aromatic heterocycles. The normalized spacial score (nSPS) is 26.3. The number of ether oxygens (including phenoxy) is 1. The Labute approximate surface area is 224 Å². The lowest BCUT2D eigenvalue weighted by Crippen LogP contribution is -2.57. The highest BCUT2D eigenvalue weighted by molar-refractivity contribution is 6.05. The van der Waals surface area contributed by atoms with Gasteiger partial charge in [0.2, 0.25) is 11.8 Å². The molecule has 10 heteroatoms. The molecule has 6 rings (SSSR count). The van der Waals surface area contributed by atoms with Crippen molar-refractivity contribution in [1.29, 1.82) is 0 Å². The SMILES string of the molecule is O=C1CCC(N2Cc3cc(O[C@H]4CCCC[C@@H]4N4CC(c5ccccc5C(F)(F)F)C4)ccc3C2=O)C(=O)N1. The van der Waals surface area contributed by atoms with Crippen LogP contribution in [0.3, 0.4) is 0 Å². The monoisotopic (exact) mass is 541 g/mol. The molecule has 0 bridgehead atoms. The van der Waals surface area contributed by atoms with E-state index in [2.05, 4.69) is 10.2 Å². The third-order valence-electron chi connectivity index (χ3n) is 8.53. The molecule has 3 atom stereocenters. The van der Waals surface area contributed by atoms with E-state index in [1.165, 1.54) is 11.0 Å². The van der Waals surface area contributed by atoms with Crippen LogP contribution >= 0.6 is 0 Å². The fourth-order valence-corrected chi connectivity index (χ4v) is 6.52. The number of carbonyl (C=O) groups excluding carboxylic acids is 3. The summed E-state index contributed by atoms with van der Waals surface area (Å²) in [5.74, 6) is -0.513. The summed E-state index contributed by atoms with van der Waals surface area (Å²) in [7, 11) is 0. The van der Waals surface area contributed by atoms with Crippen LogP contribution in [0, 0.1) is 0 Å². The third kappa shape index (κ3) is 4.90. The van der Waals surface area contributed by atoms with Crippen LogP contribution in [0.2, 0.25) is 0 Å². The van der Waals surface area contributed by atoms with Gasteiger partial charge in [0.15, 0.2) is 0 Å². The average Bonchev–Trinajstić information content (AvgIpc) is 3.19. The minimum Gasteiger partial charge on any atom is -0.489 e. The predicted molar refractivity (Wildman–Crippen MR) is 135 cm³/mol. The van der Waals surface area contributed by atoms with Crippen molar-refractivity contribution in [3.05, 3.63) is 64.7 Å². The zero-order valence-corrected chi connectivity index (χ0v) is 21.4. The smallest absolute Gasteiger partial charge is 0.416 e. The summed E-state index contributed by atoms with van der Waals surface area (Å²) in [4.78, 5) is 40.6. The molecule has 1 aliphatic carbocycles. The number of fused-ring (bicyclic) bond motifs is 1. The maximum Gasteiger partial charge on any atom is 0.416 e. The molecule has 3 amide bonds. The molecule has 206 valence electrons. The van der Waals surface area contributed by atoms with Gasteiger partial charge < -0.3 is 9.64 Å². The Balaban J connectivity index is 1.12. The van der Waals surface area contributed by atoms with E-state index in [0.29, 0.717) is 36.4 Å². The van der Waals surface area contributed by atoms with Gasteiger partial charge in [-0.25, -0.2) is 0 Å². The average molecular weight is 542 g/mol. The summed E-state index contributed by atoms with van der Waals surface area (Å²) in [5, 5.41) is 2.31. The fourth-order valence-electron chi connectivity index (χ4n) is 6.52. The molecular formula is C29H30F3N3O4. The Bertz CT molecular complexity index is 1310.